The fraction of sp³-hybridized carbons (Fsp3) is 0.625. The molecule has 0 bridgehead atoms. The molecule has 0 aliphatic heterocycles. The predicted molar refractivity (Wildman–Crippen MR) is 81.4 cm³/mol. The summed E-state index contributed by atoms with van der Waals surface area (Å²) in [5.41, 5.74) is 2.79. The largest absolute Gasteiger partial charge is 0.122 e. The Morgan fingerprint density at radius 2 is 1.71 bits per heavy atom. The van der Waals surface area contributed by atoms with Crippen LogP contribution in [-0.2, 0) is 6.42 Å². The van der Waals surface area contributed by atoms with Crippen LogP contribution in [0.4, 0.5) is 0 Å². The molecule has 0 radical (unpaired) electrons. The van der Waals surface area contributed by atoms with Gasteiger partial charge in [-0.25, -0.2) is 0 Å². The molecule has 1 aromatic rings. The average Bonchev–Trinajstić information content (AvgIpc) is 2.24. The van der Waals surface area contributed by atoms with Crippen LogP contribution in [-0.4, -0.2) is 12.3 Å². The molecule has 0 aliphatic carbocycles. The zero-order valence-corrected chi connectivity index (χ0v) is 13.0. The molecule has 1 heteroatoms. The molecule has 0 aromatic heterocycles. The zero-order chi connectivity index (χ0) is 12.9. The molecule has 0 fully saturated rings. The standard InChI is InChI=1S/C16H27P/c1-13(12-16(2,3)4)15(17-5)11-14-9-7-6-8-10-14/h6-10,13,15,17H,11-12H2,1-5H3. The molecule has 3 atom stereocenters. The molecule has 0 aliphatic rings. The molecule has 0 N–H and O–H groups in total. The van der Waals surface area contributed by atoms with Crippen LogP contribution in [0.5, 0.6) is 0 Å². The summed E-state index contributed by atoms with van der Waals surface area (Å²) in [6, 6.07) is 10.9. The van der Waals surface area contributed by atoms with E-state index >= 15 is 0 Å². The maximum Gasteiger partial charge on any atom is -0.0173 e. The van der Waals surface area contributed by atoms with E-state index in [2.05, 4.69) is 64.7 Å². The van der Waals surface area contributed by atoms with E-state index in [1.54, 1.807) is 0 Å². The van der Waals surface area contributed by atoms with Gasteiger partial charge in [-0.1, -0.05) is 58.0 Å². The van der Waals surface area contributed by atoms with Crippen molar-refractivity contribution in [2.24, 2.45) is 11.3 Å². The number of benzene rings is 1. The van der Waals surface area contributed by atoms with E-state index in [0.717, 1.165) is 20.2 Å². The molecule has 0 saturated carbocycles. The minimum absolute atomic E-state index is 0.452. The molecule has 0 spiro atoms. The van der Waals surface area contributed by atoms with Crippen LogP contribution in [0.3, 0.4) is 0 Å². The molecule has 96 valence electrons. The fourth-order valence-corrected chi connectivity index (χ4v) is 3.69. The van der Waals surface area contributed by atoms with E-state index in [1.807, 2.05) is 0 Å². The molecule has 0 heterocycles. The highest BCUT2D eigenvalue weighted by atomic mass is 31.1. The predicted octanol–water partition coefficient (Wildman–Crippen LogP) is 4.98. The topological polar surface area (TPSA) is 0 Å². The Labute approximate surface area is 109 Å². The minimum Gasteiger partial charge on any atom is -0.122 e. The number of rotatable bonds is 5. The number of hydrogen-bond donors (Lipinski definition) is 0. The van der Waals surface area contributed by atoms with Crippen LogP contribution in [0, 0.1) is 11.3 Å². The van der Waals surface area contributed by atoms with E-state index in [0.29, 0.717) is 5.41 Å². The molecular formula is C16H27P. The molecule has 0 amide bonds. The summed E-state index contributed by atoms with van der Waals surface area (Å²) < 4.78 is 0. The van der Waals surface area contributed by atoms with Gasteiger partial charge in [-0.05, 0) is 42.1 Å². The van der Waals surface area contributed by atoms with Gasteiger partial charge in [0.1, 0.15) is 0 Å². The Kier molecular flexibility index (Phi) is 5.67. The van der Waals surface area contributed by atoms with E-state index in [4.69, 9.17) is 0 Å². The SMILES string of the molecule is CPC(Cc1ccccc1)C(C)CC(C)(C)C. The maximum atomic E-state index is 2.43. The summed E-state index contributed by atoms with van der Waals surface area (Å²) in [6.07, 6.45) is 2.57. The zero-order valence-electron chi connectivity index (χ0n) is 12.0. The fourth-order valence-electron chi connectivity index (χ4n) is 2.56. The third-order valence-electron chi connectivity index (χ3n) is 3.29. The van der Waals surface area contributed by atoms with E-state index in [9.17, 15) is 0 Å². The van der Waals surface area contributed by atoms with Crippen molar-refractivity contribution in [3.05, 3.63) is 35.9 Å². The summed E-state index contributed by atoms with van der Waals surface area (Å²) in [5, 5.41) is 0. The van der Waals surface area contributed by atoms with Gasteiger partial charge in [-0.3, -0.25) is 0 Å². The van der Waals surface area contributed by atoms with Gasteiger partial charge in [-0.15, -0.1) is 8.58 Å². The summed E-state index contributed by atoms with van der Waals surface area (Å²) in [4.78, 5) is 0. The van der Waals surface area contributed by atoms with E-state index < -0.39 is 0 Å². The highest BCUT2D eigenvalue weighted by molar-refractivity contribution is 7.37. The van der Waals surface area contributed by atoms with Crippen LogP contribution in [0.15, 0.2) is 30.3 Å². The first-order valence-electron chi connectivity index (χ1n) is 6.63. The van der Waals surface area contributed by atoms with Crippen molar-refractivity contribution < 1.29 is 0 Å². The lowest BCUT2D eigenvalue weighted by atomic mass is 9.83. The van der Waals surface area contributed by atoms with Gasteiger partial charge in [-0.2, -0.15) is 0 Å². The third-order valence-corrected chi connectivity index (χ3v) is 4.81. The molecule has 0 nitrogen and oxygen atoms in total. The van der Waals surface area contributed by atoms with Crippen molar-refractivity contribution in [1.82, 2.24) is 0 Å². The first-order chi connectivity index (χ1) is 7.92. The lowest BCUT2D eigenvalue weighted by Gasteiger charge is -2.29. The van der Waals surface area contributed by atoms with Crippen molar-refractivity contribution in [1.29, 1.82) is 0 Å². The van der Waals surface area contributed by atoms with Crippen molar-refractivity contribution >= 4 is 8.58 Å². The molecule has 17 heavy (non-hydrogen) atoms. The van der Waals surface area contributed by atoms with Gasteiger partial charge in [0.05, 0.1) is 0 Å². The second kappa shape index (κ2) is 6.55. The smallest absolute Gasteiger partial charge is 0.0173 e. The van der Waals surface area contributed by atoms with Crippen molar-refractivity contribution in [2.45, 2.75) is 46.2 Å². The first-order valence-corrected chi connectivity index (χ1v) is 8.21. The van der Waals surface area contributed by atoms with Crippen LogP contribution in [0.1, 0.15) is 39.7 Å². The van der Waals surface area contributed by atoms with Crippen LogP contribution >= 0.6 is 8.58 Å². The van der Waals surface area contributed by atoms with Gasteiger partial charge in [0.15, 0.2) is 0 Å². The van der Waals surface area contributed by atoms with Gasteiger partial charge in [0, 0.05) is 0 Å². The molecule has 0 saturated heterocycles. The highest BCUT2D eigenvalue weighted by Gasteiger charge is 2.21. The summed E-state index contributed by atoms with van der Waals surface area (Å²) in [5.74, 6) is 0.818. The Morgan fingerprint density at radius 3 is 2.18 bits per heavy atom. The van der Waals surface area contributed by atoms with Crippen LogP contribution in [0.25, 0.3) is 0 Å². The van der Waals surface area contributed by atoms with E-state index in [1.165, 1.54) is 18.4 Å². The lowest BCUT2D eigenvalue weighted by molar-refractivity contribution is 0.301. The Balaban J connectivity index is 2.59. The lowest BCUT2D eigenvalue weighted by Crippen LogP contribution is -2.21. The summed E-state index contributed by atoms with van der Waals surface area (Å²) in [6.45, 7) is 11.8. The van der Waals surface area contributed by atoms with Gasteiger partial charge in [0.25, 0.3) is 0 Å². The molecule has 1 rings (SSSR count). The van der Waals surface area contributed by atoms with Gasteiger partial charge >= 0.3 is 0 Å². The quantitative estimate of drug-likeness (QED) is 0.647. The minimum atomic E-state index is 0.452. The Hall–Kier alpha value is -0.350. The van der Waals surface area contributed by atoms with Gasteiger partial charge in [0.2, 0.25) is 0 Å². The van der Waals surface area contributed by atoms with Crippen LogP contribution in [0.2, 0.25) is 0 Å². The first kappa shape index (κ1) is 14.7. The average molecular weight is 250 g/mol. The van der Waals surface area contributed by atoms with E-state index in [-0.39, 0.29) is 0 Å². The summed E-state index contributed by atoms with van der Waals surface area (Å²) >= 11 is 0. The molecule has 1 aromatic carbocycles. The number of hydrogen-bond acceptors (Lipinski definition) is 0. The van der Waals surface area contributed by atoms with Crippen molar-refractivity contribution in [3.8, 4) is 0 Å². The second-order valence-electron chi connectivity index (χ2n) is 6.33. The Morgan fingerprint density at radius 1 is 1.12 bits per heavy atom. The Bertz CT molecular complexity index is 310. The monoisotopic (exact) mass is 250 g/mol. The second-order valence-corrected chi connectivity index (χ2v) is 7.65. The third kappa shape index (κ3) is 5.68. The van der Waals surface area contributed by atoms with Crippen molar-refractivity contribution in [3.63, 3.8) is 0 Å². The molecule has 3 unspecified atom stereocenters. The molecular weight excluding hydrogens is 223 g/mol. The van der Waals surface area contributed by atoms with Crippen LogP contribution < -0.4 is 0 Å². The van der Waals surface area contributed by atoms with Gasteiger partial charge < -0.3 is 0 Å². The highest BCUT2D eigenvalue weighted by Crippen LogP contribution is 2.34. The normalized spacial score (nSPS) is 16.3. The van der Waals surface area contributed by atoms with Crippen molar-refractivity contribution in [2.75, 3.05) is 6.66 Å². The summed E-state index contributed by atoms with van der Waals surface area (Å²) in [7, 11) is 1.04. The maximum absolute atomic E-state index is 2.43.